The first kappa shape index (κ1) is 21.6. The number of benzene rings is 1. The number of rotatable bonds is 7. The zero-order chi connectivity index (χ0) is 20.6. The molecule has 0 amide bonds. The molecule has 0 saturated carbocycles. The van der Waals surface area contributed by atoms with Gasteiger partial charge in [0.25, 0.3) is 0 Å². The van der Waals surface area contributed by atoms with Crippen LogP contribution in [0.1, 0.15) is 43.9 Å². The van der Waals surface area contributed by atoms with E-state index < -0.39 is 53.9 Å². The number of esters is 1. The van der Waals surface area contributed by atoms with E-state index in [0.717, 1.165) is 37.0 Å². The van der Waals surface area contributed by atoms with Crippen LogP contribution in [0, 0.1) is 5.41 Å². The van der Waals surface area contributed by atoms with Gasteiger partial charge in [0.15, 0.2) is 24.3 Å². The van der Waals surface area contributed by atoms with E-state index in [1.807, 2.05) is 24.3 Å². The zero-order valence-corrected chi connectivity index (χ0v) is 17.4. The second kappa shape index (κ2) is 7.35. The molecular formula is C18H24O7S2. The Kier molecular flexibility index (Phi) is 5.87. The third kappa shape index (κ3) is 4.57. The Bertz CT molecular complexity index is 931. The van der Waals surface area contributed by atoms with Gasteiger partial charge in [0.05, 0.1) is 0 Å². The molecule has 1 aromatic rings. The summed E-state index contributed by atoms with van der Waals surface area (Å²) in [5, 5.41) is 0. The van der Waals surface area contributed by atoms with Crippen LogP contribution >= 0.6 is 0 Å². The standard InChI is InChI=1S/C18H24O7S2/c1-12(19)18(2,11-16(26(3,21)22)27(4,23)24)17(20)25-15-10-9-13-7-5-6-8-14(13)15/h5-8,15-16H,9-11H2,1-4H3. The molecule has 0 spiro atoms. The van der Waals surface area contributed by atoms with Crippen molar-refractivity contribution in [1.82, 2.24) is 0 Å². The normalized spacial score (nSPS) is 19.4. The summed E-state index contributed by atoms with van der Waals surface area (Å²) in [4.78, 5) is 25.1. The molecule has 2 rings (SSSR count). The van der Waals surface area contributed by atoms with Crippen molar-refractivity contribution in [3.8, 4) is 0 Å². The molecule has 2 unspecified atom stereocenters. The van der Waals surface area contributed by atoms with Gasteiger partial charge >= 0.3 is 5.97 Å². The molecule has 0 fully saturated rings. The van der Waals surface area contributed by atoms with Crippen molar-refractivity contribution in [1.29, 1.82) is 0 Å². The van der Waals surface area contributed by atoms with Crippen molar-refractivity contribution >= 4 is 31.4 Å². The van der Waals surface area contributed by atoms with E-state index in [2.05, 4.69) is 0 Å². The van der Waals surface area contributed by atoms with Gasteiger partial charge in [-0.25, -0.2) is 16.8 Å². The number of sulfone groups is 2. The molecule has 1 aliphatic carbocycles. The molecule has 150 valence electrons. The number of hydrogen-bond donors (Lipinski definition) is 0. The van der Waals surface area contributed by atoms with Crippen molar-refractivity contribution in [2.75, 3.05) is 12.5 Å². The van der Waals surface area contributed by atoms with Crippen LogP contribution in [0.3, 0.4) is 0 Å². The summed E-state index contributed by atoms with van der Waals surface area (Å²) in [5.41, 5.74) is 0.0125. The van der Waals surface area contributed by atoms with E-state index in [-0.39, 0.29) is 0 Å². The van der Waals surface area contributed by atoms with E-state index in [4.69, 9.17) is 4.74 Å². The molecule has 0 N–H and O–H groups in total. The highest BCUT2D eigenvalue weighted by molar-refractivity contribution is 8.08. The number of ether oxygens (including phenoxy) is 1. The molecule has 0 aliphatic heterocycles. The Morgan fingerprint density at radius 2 is 1.70 bits per heavy atom. The Morgan fingerprint density at radius 3 is 2.22 bits per heavy atom. The van der Waals surface area contributed by atoms with Gasteiger partial charge in [0, 0.05) is 18.9 Å². The maximum atomic E-state index is 12.8. The van der Waals surface area contributed by atoms with Gasteiger partial charge in [-0.3, -0.25) is 9.59 Å². The number of hydrogen-bond acceptors (Lipinski definition) is 7. The minimum absolute atomic E-state index is 0.540. The topological polar surface area (TPSA) is 112 Å². The van der Waals surface area contributed by atoms with Crippen molar-refractivity contribution in [3.05, 3.63) is 35.4 Å². The number of carbonyl (C=O) groups excluding carboxylic acids is 2. The van der Waals surface area contributed by atoms with E-state index in [1.54, 1.807) is 0 Å². The van der Waals surface area contributed by atoms with Gasteiger partial charge in [0.2, 0.25) is 0 Å². The average molecular weight is 417 g/mol. The highest BCUT2D eigenvalue weighted by Gasteiger charge is 2.48. The second-order valence-electron chi connectivity index (χ2n) is 7.31. The van der Waals surface area contributed by atoms with Crippen LogP contribution in [-0.2, 0) is 40.4 Å². The van der Waals surface area contributed by atoms with E-state index in [0.29, 0.717) is 6.42 Å². The monoisotopic (exact) mass is 416 g/mol. The van der Waals surface area contributed by atoms with Crippen LogP contribution in [0.15, 0.2) is 24.3 Å². The van der Waals surface area contributed by atoms with Gasteiger partial charge in [0.1, 0.15) is 17.3 Å². The molecular weight excluding hydrogens is 392 g/mol. The quantitative estimate of drug-likeness (QED) is 0.490. The number of aryl methyl sites for hydroxylation is 1. The van der Waals surface area contributed by atoms with Crippen LogP contribution in [0.4, 0.5) is 0 Å². The third-order valence-corrected chi connectivity index (χ3v) is 9.43. The van der Waals surface area contributed by atoms with Gasteiger partial charge < -0.3 is 4.74 Å². The van der Waals surface area contributed by atoms with Gasteiger partial charge in [-0.1, -0.05) is 24.3 Å². The molecule has 9 heteroatoms. The van der Waals surface area contributed by atoms with Crippen LogP contribution in [0.25, 0.3) is 0 Å². The molecule has 2 atom stereocenters. The highest BCUT2D eigenvalue weighted by Crippen LogP contribution is 2.38. The number of ketones is 1. The predicted molar refractivity (Wildman–Crippen MR) is 100 cm³/mol. The minimum Gasteiger partial charge on any atom is -0.457 e. The summed E-state index contributed by atoms with van der Waals surface area (Å²) in [6, 6.07) is 7.46. The lowest BCUT2D eigenvalue weighted by Crippen LogP contribution is -2.44. The average Bonchev–Trinajstić information content (AvgIpc) is 2.93. The second-order valence-corrected chi connectivity index (χ2v) is 12.1. The van der Waals surface area contributed by atoms with E-state index >= 15 is 0 Å². The molecule has 1 aliphatic rings. The lowest BCUT2D eigenvalue weighted by molar-refractivity contribution is -0.164. The van der Waals surface area contributed by atoms with Crippen molar-refractivity contribution in [2.45, 2.75) is 43.8 Å². The molecule has 0 heterocycles. The minimum atomic E-state index is -4.05. The Balaban J connectivity index is 2.33. The molecule has 1 aromatic carbocycles. The summed E-state index contributed by atoms with van der Waals surface area (Å²) >= 11 is 0. The number of carbonyl (C=O) groups is 2. The fraction of sp³-hybridized carbons (Fsp3) is 0.556. The molecule has 27 heavy (non-hydrogen) atoms. The molecule has 0 aromatic heterocycles. The lowest BCUT2D eigenvalue weighted by atomic mass is 9.83. The van der Waals surface area contributed by atoms with Crippen molar-refractivity contribution in [2.24, 2.45) is 5.41 Å². The fourth-order valence-corrected chi connectivity index (χ4v) is 7.04. The number of fused-ring (bicyclic) bond motifs is 1. The molecule has 7 nitrogen and oxygen atoms in total. The SMILES string of the molecule is CC(=O)C(C)(CC(S(C)(=O)=O)S(C)(=O)=O)C(=O)OC1CCc2ccccc21. The number of Topliss-reactive ketones (excluding diaryl/α,β-unsaturated/α-hetero) is 1. The molecule has 0 radical (unpaired) electrons. The van der Waals surface area contributed by atoms with Crippen LogP contribution in [0.5, 0.6) is 0 Å². The summed E-state index contributed by atoms with van der Waals surface area (Å²) in [7, 11) is -8.09. The fourth-order valence-electron chi connectivity index (χ4n) is 3.22. The maximum absolute atomic E-state index is 12.8. The van der Waals surface area contributed by atoms with Gasteiger partial charge in [-0.2, -0.15) is 0 Å². The largest absolute Gasteiger partial charge is 0.457 e. The van der Waals surface area contributed by atoms with E-state index in [1.165, 1.54) is 6.92 Å². The van der Waals surface area contributed by atoms with Crippen LogP contribution < -0.4 is 0 Å². The summed E-state index contributed by atoms with van der Waals surface area (Å²) in [6.07, 6.45) is 1.62. The van der Waals surface area contributed by atoms with Crippen molar-refractivity contribution in [3.63, 3.8) is 0 Å². The zero-order valence-electron chi connectivity index (χ0n) is 15.8. The third-order valence-electron chi connectivity index (χ3n) is 5.08. The van der Waals surface area contributed by atoms with Gasteiger partial charge in [-0.05, 0) is 37.8 Å². The summed E-state index contributed by atoms with van der Waals surface area (Å²) in [5.74, 6) is -1.55. The Morgan fingerprint density at radius 1 is 1.15 bits per heavy atom. The molecule has 0 saturated heterocycles. The van der Waals surface area contributed by atoms with Crippen LogP contribution in [-0.4, -0.2) is 45.7 Å². The highest BCUT2D eigenvalue weighted by atomic mass is 32.3. The summed E-state index contributed by atoms with van der Waals surface area (Å²) < 4.78 is 51.5. The first-order valence-corrected chi connectivity index (χ1v) is 12.4. The molecule has 0 bridgehead atoms. The smallest absolute Gasteiger partial charge is 0.320 e. The Hall–Kier alpha value is -1.74. The summed E-state index contributed by atoms with van der Waals surface area (Å²) in [6.45, 7) is 2.37. The maximum Gasteiger partial charge on any atom is 0.320 e. The lowest BCUT2D eigenvalue weighted by Gasteiger charge is -2.29. The first-order valence-electron chi connectivity index (χ1n) is 8.44. The Labute approximate surface area is 159 Å². The van der Waals surface area contributed by atoms with Gasteiger partial charge in [-0.15, -0.1) is 0 Å². The van der Waals surface area contributed by atoms with Crippen molar-refractivity contribution < 1.29 is 31.2 Å². The van der Waals surface area contributed by atoms with E-state index in [9.17, 15) is 26.4 Å². The van der Waals surface area contributed by atoms with Crippen LogP contribution in [0.2, 0.25) is 0 Å². The first-order chi connectivity index (χ1) is 12.3. The predicted octanol–water partition coefficient (Wildman–Crippen LogP) is 1.62.